The van der Waals surface area contributed by atoms with Crippen LogP contribution >= 0.6 is 0 Å². The first-order valence-corrected chi connectivity index (χ1v) is 7.10. The van der Waals surface area contributed by atoms with Gasteiger partial charge in [0.15, 0.2) is 5.78 Å². The monoisotopic (exact) mass is 268 g/mol. The number of rotatable bonds is 6. The molecule has 2 aromatic rings. The molecule has 0 spiro atoms. The fourth-order valence-electron chi connectivity index (χ4n) is 2.18. The van der Waals surface area contributed by atoms with Crippen molar-refractivity contribution < 1.29 is 9.90 Å². The molecule has 0 aliphatic rings. The summed E-state index contributed by atoms with van der Waals surface area (Å²) >= 11 is 0. The maximum absolute atomic E-state index is 12.2. The molecule has 1 atom stereocenters. The van der Waals surface area contributed by atoms with E-state index in [1.807, 2.05) is 42.5 Å². The van der Waals surface area contributed by atoms with E-state index in [0.29, 0.717) is 11.1 Å². The number of ketones is 1. The van der Waals surface area contributed by atoms with Crippen LogP contribution in [0.25, 0.3) is 0 Å². The van der Waals surface area contributed by atoms with Gasteiger partial charge in [0, 0.05) is 11.1 Å². The highest BCUT2D eigenvalue weighted by atomic mass is 16.3. The standard InChI is InChI=1S/C18H20O2/c1-2-3-9-17(19)14-10-12-16(13-11-14)18(20)15-7-5-4-6-8-15/h4-8,10-13,17,19H,2-3,9H2,1H3/t17-/m1/s1. The lowest BCUT2D eigenvalue weighted by Crippen LogP contribution is -2.02. The zero-order valence-electron chi connectivity index (χ0n) is 11.8. The first-order chi connectivity index (χ1) is 9.72. The minimum atomic E-state index is -0.434. The molecule has 0 saturated carbocycles. The highest BCUT2D eigenvalue weighted by Crippen LogP contribution is 2.20. The highest BCUT2D eigenvalue weighted by Gasteiger charge is 2.10. The third kappa shape index (κ3) is 3.55. The van der Waals surface area contributed by atoms with Gasteiger partial charge in [-0.2, -0.15) is 0 Å². The maximum Gasteiger partial charge on any atom is 0.193 e. The van der Waals surface area contributed by atoms with Gasteiger partial charge >= 0.3 is 0 Å². The topological polar surface area (TPSA) is 37.3 Å². The molecule has 0 amide bonds. The van der Waals surface area contributed by atoms with Gasteiger partial charge in [0.2, 0.25) is 0 Å². The molecule has 0 saturated heterocycles. The lowest BCUT2D eigenvalue weighted by molar-refractivity contribution is 0.103. The van der Waals surface area contributed by atoms with E-state index in [2.05, 4.69) is 6.92 Å². The molecule has 2 rings (SSSR count). The lowest BCUT2D eigenvalue weighted by Gasteiger charge is -2.10. The summed E-state index contributed by atoms with van der Waals surface area (Å²) in [4.78, 5) is 12.2. The predicted octanol–water partition coefficient (Wildman–Crippen LogP) is 4.14. The summed E-state index contributed by atoms with van der Waals surface area (Å²) in [6.07, 6.45) is 2.41. The number of carbonyl (C=O) groups is 1. The van der Waals surface area contributed by atoms with Gasteiger partial charge in [0.25, 0.3) is 0 Å². The summed E-state index contributed by atoms with van der Waals surface area (Å²) in [6, 6.07) is 16.5. The molecule has 2 heteroatoms. The summed E-state index contributed by atoms with van der Waals surface area (Å²) in [5, 5.41) is 10.0. The van der Waals surface area contributed by atoms with E-state index in [1.165, 1.54) is 0 Å². The molecule has 0 aliphatic heterocycles. The van der Waals surface area contributed by atoms with Crippen molar-refractivity contribution >= 4 is 5.78 Å². The minimum Gasteiger partial charge on any atom is -0.388 e. The van der Waals surface area contributed by atoms with Crippen LogP contribution in [0.5, 0.6) is 0 Å². The summed E-state index contributed by atoms with van der Waals surface area (Å²) in [5.41, 5.74) is 2.22. The van der Waals surface area contributed by atoms with E-state index in [0.717, 1.165) is 24.8 Å². The molecule has 0 radical (unpaired) electrons. The summed E-state index contributed by atoms with van der Waals surface area (Å²) < 4.78 is 0. The SMILES string of the molecule is CCCC[C@@H](O)c1ccc(C(=O)c2ccccc2)cc1. The Kier molecular flexibility index (Phi) is 5.08. The number of benzene rings is 2. The number of carbonyl (C=O) groups excluding carboxylic acids is 1. The molecule has 0 fully saturated rings. The van der Waals surface area contributed by atoms with Crippen molar-refractivity contribution in [3.63, 3.8) is 0 Å². The Labute approximate surface area is 120 Å². The fourth-order valence-corrected chi connectivity index (χ4v) is 2.18. The molecule has 104 valence electrons. The number of hydrogen-bond acceptors (Lipinski definition) is 2. The Morgan fingerprint density at radius 2 is 1.60 bits per heavy atom. The van der Waals surface area contributed by atoms with Crippen molar-refractivity contribution in [2.24, 2.45) is 0 Å². The van der Waals surface area contributed by atoms with Gasteiger partial charge in [0.05, 0.1) is 6.10 Å². The highest BCUT2D eigenvalue weighted by molar-refractivity contribution is 6.08. The molecule has 0 bridgehead atoms. The van der Waals surface area contributed by atoms with Crippen molar-refractivity contribution in [3.05, 3.63) is 71.3 Å². The van der Waals surface area contributed by atoms with Gasteiger partial charge in [-0.25, -0.2) is 0 Å². The molecule has 0 aliphatic carbocycles. The average Bonchev–Trinajstić information content (AvgIpc) is 2.53. The van der Waals surface area contributed by atoms with E-state index in [-0.39, 0.29) is 5.78 Å². The second-order valence-corrected chi connectivity index (χ2v) is 4.98. The van der Waals surface area contributed by atoms with Crippen molar-refractivity contribution in [1.29, 1.82) is 0 Å². The maximum atomic E-state index is 12.2. The molecule has 0 unspecified atom stereocenters. The zero-order chi connectivity index (χ0) is 14.4. The van der Waals surface area contributed by atoms with Crippen LogP contribution in [-0.2, 0) is 0 Å². The molecular formula is C18H20O2. The molecule has 2 aromatic carbocycles. The average molecular weight is 268 g/mol. The molecule has 2 nitrogen and oxygen atoms in total. The molecule has 0 heterocycles. The van der Waals surface area contributed by atoms with E-state index >= 15 is 0 Å². The van der Waals surface area contributed by atoms with Crippen LogP contribution in [0.4, 0.5) is 0 Å². The molecule has 0 aromatic heterocycles. The largest absolute Gasteiger partial charge is 0.388 e. The Bertz CT molecular complexity index is 543. The Balaban J connectivity index is 2.10. The van der Waals surface area contributed by atoms with Crippen LogP contribution in [0.3, 0.4) is 0 Å². The Morgan fingerprint density at radius 3 is 2.20 bits per heavy atom. The summed E-state index contributed by atoms with van der Waals surface area (Å²) in [6.45, 7) is 2.11. The number of hydrogen-bond donors (Lipinski definition) is 1. The van der Waals surface area contributed by atoms with Gasteiger partial charge in [-0.1, -0.05) is 74.4 Å². The van der Waals surface area contributed by atoms with Gasteiger partial charge in [-0.05, 0) is 12.0 Å². The van der Waals surface area contributed by atoms with Crippen LogP contribution in [0, 0.1) is 0 Å². The number of unbranched alkanes of at least 4 members (excludes halogenated alkanes) is 1. The van der Waals surface area contributed by atoms with Crippen LogP contribution in [0.15, 0.2) is 54.6 Å². The first kappa shape index (κ1) is 14.5. The third-order valence-electron chi connectivity index (χ3n) is 3.42. The van der Waals surface area contributed by atoms with Crippen LogP contribution in [0.2, 0.25) is 0 Å². The zero-order valence-corrected chi connectivity index (χ0v) is 11.8. The van der Waals surface area contributed by atoms with E-state index in [9.17, 15) is 9.90 Å². The van der Waals surface area contributed by atoms with Gasteiger partial charge < -0.3 is 5.11 Å². The Hall–Kier alpha value is -1.93. The van der Waals surface area contributed by atoms with E-state index < -0.39 is 6.10 Å². The molecule has 1 N–H and O–H groups in total. The predicted molar refractivity (Wildman–Crippen MR) is 80.8 cm³/mol. The second kappa shape index (κ2) is 7.01. The third-order valence-corrected chi connectivity index (χ3v) is 3.42. The van der Waals surface area contributed by atoms with Crippen molar-refractivity contribution in [2.45, 2.75) is 32.3 Å². The Morgan fingerprint density at radius 1 is 1.00 bits per heavy atom. The smallest absolute Gasteiger partial charge is 0.193 e. The van der Waals surface area contributed by atoms with Gasteiger partial charge in [0.1, 0.15) is 0 Å². The minimum absolute atomic E-state index is 0.0141. The van der Waals surface area contributed by atoms with Crippen LogP contribution < -0.4 is 0 Å². The van der Waals surface area contributed by atoms with Crippen molar-refractivity contribution in [3.8, 4) is 0 Å². The van der Waals surface area contributed by atoms with Gasteiger partial charge in [-0.3, -0.25) is 4.79 Å². The molecule has 20 heavy (non-hydrogen) atoms. The number of aliphatic hydroxyl groups excluding tert-OH is 1. The normalized spacial score (nSPS) is 12.1. The molecular weight excluding hydrogens is 248 g/mol. The van der Waals surface area contributed by atoms with E-state index in [4.69, 9.17) is 0 Å². The van der Waals surface area contributed by atoms with E-state index in [1.54, 1.807) is 12.1 Å². The number of aliphatic hydroxyl groups is 1. The summed E-state index contributed by atoms with van der Waals surface area (Å²) in [5.74, 6) is 0.0141. The van der Waals surface area contributed by atoms with Crippen LogP contribution in [-0.4, -0.2) is 10.9 Å². The summed E-state index contributed by atoms with van der Waals surface area (Å²) in [7, 11) is 0. The quantitative estimate of drug-likeness (QED) is 0.799. The van der Waals surface area contributed by atoms with Crippen molar-refractivity contribution in [2.75, 3.05) is 0 Å². The van der Waals surface area contributed by atoms with Crippen molar-refractivity contribution in [1.82, 2.24) is 0 Å². The lowest BCUT2D eigenvalue weighted by atomic mass is 9.99. The fraction of sp³-hybridized carbons (Fsp3) is 0.278. The second-order valence-electron chi connectivity index (χ2n) is 4.98. The van der Waals surface area contributed by atoms with Gasteiger partial charge in [-0.15, -0.1) is 0 Å². The first-order valence-electron chi connectivity index (χ1n) is 7.10. The van der Waals surface area contributed by atoms with Crippen LogP contribution in [0.1, 0.15) is 53.8 Å².